The van der Waals surface area contributed by atoms with E-state index in [-0.39, 0.29) is 13.0 Å². The molecule has 6 nitrogen and oxygen atoms in total. The van der Waals surface area contributed by atoms with Crippen molar-refractivity contribution >= 4 is 17.5 Å². The summed E-state index contributed by atoms with van der Waals surface area (Å²) in [6.07, 6.45) is 3.25. The Balaban J connectivity index is 2.11. The van der Waals surface area contributed by atoms with Crippen molar-refractivity contribution in [3.8, 4) is 6.07 Å². The SMILES string of the molecule is CC(C)(F)CC(NC(=O)N1C=C(c2ccccc2)CCC1)C(=O)NCC#N. The van der Waals surface area contributed by atoms with Crippen LogP contribution in [0.25, 0.3) is 5.57 Å². The van der Waals surface area contributed by atoms with E-state index < -0.39 is 23.6 Å². The minimum absolute atomic E-state index is 0.181. The van der Waals surface area contributed by atoms with Crippen LogP contribution in [0.2, 0.25) is 0 Å². The molecular formula is C20H25FN4O2. The number of carbonyl (C=O) groups excluding carboxylic acids is 2. The summed E-state index contributed by atoms with van der Waals surface area (Å²) in [5, 5.41) is 13.6. The first kappa shape index (κ1) is 20.4. The first-order valence-corrected chi connectivity index (χ1v) is 8.97. The molecule has 0 radical (unpaired) electrons. The fourth-order valence-corrected chi connectivity index (χ4v) is 2.96. The molecule has 0 aliphatic carbocycles. The molecule has 1 heterocycles. The molecule has 0 aromatic heterocycles. The number of hydrogen-bond donors (Lipinski definition) is 2. The van der Waals surface area contributed by atoms with Gasteiger partial charge in [0.2, 0.25) is 5.91 Å². The average molecular weight is 372 g/mol. The Bertz CT molecular complexity index is 735. The third-order valence-corrected chi connectivity index (χ3v) is 4.21. The van der Waals surface area contributed by atoms with Crippen molar-refractivity contribution < 1.29 is 14.0 Å². The summed E-state index contributed by atoms with van der Waals surface area (Å²) in [5.74, 6) is -0.570. The second-order valence-electron chi connectivity index (χ2n) is 7.12. The van der Waals surface area contributed by atoms with Crippen LogP contribution >= 0.6 is 0 Å². The summed E-state index contributed by atoms with van der Waals surface area (Å²) in [6.45, 7) is 3.02. The maximum atomic E-state index is 14.1. The number of halogens is 1. The minimum Gasteiger partial charge on any atom is -0.341 e. The zero-order valence-electron chi connectivity index (χ0n) is 15.7. The van der Waals surface area contributed by atoms with Crippen molar-refractivity contribution in [3.05, 3.63) is 42.1 Å². The highest BCUT2D eigenvalue weighted by Crippen LogP contribution is 2.25. The lowest BCUT2D eigenvalue weighted by molar-refractivity contribution is -0.123. The highest BCUT2D eigenvalue weighted by Gasteiger charge is 2.30. The Kier molecular flexibility index (Phi) is 6.94. The summed E-state index contributed by atoms with van der Waals surface area (Å²) in [4.78, 5) is 26.4. The van der Waals surface area contributed by atoms with Crippen molar-refractivity contribution in [1.82, 2.24) is 15.5 Å². The average Bonchev–Trinajstić information content (AvgIpc) is 2.65. The van der Waals surface area contributed by atoms with E-state index in [0.29, 0.717) is 6.54 Å². The van der Waals surface area contributed by atoms with Crippen LogP contribution in [0.4, 0.5) is 9.18 Å². The van der Waals surface area contributed by atoms with Crippen molar-refractivity contribution in [2.75, 3.05) is 13.1 Å². The predicted octanol–water partition coefficient (Wildman–Crippen LogP) is 2.98. The molecule has 0 saturated carbocycles. The van der Waals surface area contributed by atoms with Gasteiger partial charge in [0, 0.05) is 19.2 Å². The summed E-state index contributed by atoms with van der Waals surface area (Å²) < 4.78 is 14.1. The first-order chi connectivity index (χ1) is 12.8. The Labute approximate surface area is 159 Å². The normalized spacial score (nSPS) is 15.3. The van der Waals surface area contributed by atoms with Gasteiger partial charge in [0.05, 0.1) is 6.07 Å². The van der Waals surface area contributed by atoms with Crippen molar-refractivity contribution in [2.24, 2.45) is 0 Å². The molecule has 1 aromatic carbocycles. The molecule has 0 spiro atoms. The summed E-state index contributed by atoms with van der Waals surface area (Å²) in [7, 11) is 0. The van der Waals surface area contributed by atoms with Crippen molar-refractivity contribution in [1.29, 1.82) is 5.26 Å². The van der Waals surface area contributed by atoms with Gasteiger partial charge < -0.3 is 15.5 Å². The molecule has 0 fully saturated rings. The maximum Gasteiger partial charge on any atom is 0.322 e. The Morgan fingerprint density at radius 1 is 1.33 bits per heavy atom. The largest absolute Gasteiger partial charge is 0.341 e. The summed E-state index contributed by atoms with van der Waals surface area (Å²) in [5.41, 5.74) is 0.436. The Morgan fingerprint density at radius 3 is 2.67 bits per heavy atom. The monoisotopic (exact) mass is 372 g/mol. The number of carbonyl (C=O) groups is 2. The Morgan fingerprint density at radius 2 is 2.04 bits per heavy atom. The quantitative estimate of drug-likeness (QED) is 0.753. The number of benzene rings is 1. The van der Waals surface area contributed by atoms with Crippen LogP contribution in [0, 0.1) is 11.3 Å². The van der Waals surface area contributed by atoms with E-state index in [4.69, 9.17) is 5.26 Å². The highest BCUT2D eigenvalue weighted by atomic mass is 19.1. The van der Waals surface area contributed by atoms with Crippen LogP contribution in [0.1, 0.15) is 38.7 Å². The van der Waals surface area contributed by atoms with Gasteiger partial charge in [-0.2, -0.15) is 5.26 Å². The van der Waals surface area contributed by atoms with Crippen LogP contribution in [0.5, 0.6) is 0 Å². The molecule has 27 heavy (non-hydrogen) atoms. The number of rotatable bonds is 6. The van der Waals surface area contributed by atoms with Gasteiger partial charge in [0.25, 0.3) is 0 Å². The molecule has 1 aliphatic rings. The fourth-order valence-electron chi connectivity index (χ4n) is 2.96. The lowest BCUT2D eigenvalue weighted by Crippen LogP contribution is -2.52. The maximum absolute atomic E-state index is 14.1. The molecule has 2 rings (SSSR count). The smallest absolute Gasteiger partial charge is 0.322 e. The molecule has 1 aliphatic heterocycles. The third kappa shape index (κ3) is 6.41. The standard InChI is InChI=1S/C20H25FN4O2/c1-20(2,21)13-17(18(26)23-11-10-22)24-19(27)25-12-6-9-16(14-25)15-7-4-3-5-8-15/h3-5,7-8,14,17H,6,9,11-13H2,1-2H3,(H,23,26)(H,24,27). The second kappa shape index (κ2) is 9.17. The number of nitrogens with one attached hydrogen (secondary N) is 2. The van der Waals surface area contributed by atoms with Gasteiger partial charge >= 0.3 is 6.03 Å². The van der Waals surface area contributed by atoms with Gasteiger partial charge in [-0.1, -0.05) is 30.3 Å². The molecule has 1 atom stereocenters. The van der Waals surface area contributed by atoms with Crippen LogP contribution < -0.4 is 10.6 Å². The number of nitriles is 1. The van der Waals surface area contributed by atoms with Crippen molar-refractivity contribution in [3.63, 3.8) is 0 Å². The van der Waals surface area contributed by atoms with Crippen LogP contribution in [-0.4, -0.2) is 41.6 Å². The van der Waals surface area contributed by atoms with E-state index in [1.54, 1.807) is 12.3 Å². The van der Waals surface area contributed by atoms with Gasteiger partial charge in [-0.3, -0.25) is 4.79 Å². The first-order valence-electron chi connectivity index (χ1n) is 8.97. The summed E-state index contributed by atoms with van der Waals surface area (Å²) >= 11 is 0. The number of urea groups is 1. The van der Waals surface area contributed by atoms with E-state index in [1.165, 1.54) is 18.7 Å². The molecule has 1 unspecified atom stereocenters. The van der Waals surface area contributed by atoms with E-state index in [2.05, 4.69) is 10.6 Å². The van der Waals surface area contributed by atoms with E-state index in [0.717, 1.165) is 24.0 Å². The number of nitrogens with zero attached hydrogens (tertiary/aromatic N) is 2. The lowest BCUT2D eigenvalue weighted by Gasteiger charge is -2.29. The van der Waals surface area contributed by atoms with E-state index in [1.807, 2.05) is 30.3 Å². The van der Waals surface area contributed by atoms with Gasteiger partial charge in [-0.05, 0) is 37.8 Å². The number of allylic oxidation sites excluding steroid dienone is 1. The zero-order valence-corrected chi connectivity index (χ0v) is 15.7. The van der Waals surface area contributed by atoms with E-state index in [9.17, 15) is 14.0 Å². The molecule has 0 saturated heterocycles. The highest BCUT2D eigenvalue weighted by molar-refractivity contribution is 5.88. The molecular weight excluding hydrogens is 347 g/mol. The third-order valence-electron chi connectivity index (χ3n) is 4.21. The number of hydrogen-bond acceptors (Lipinski definition) is 3. The lowest BCUT2D eigenvalue weighted by atomic mass is 9.99. The fraction of sp³-hybridized carbons (Fsp3) is 0.450. The van der Waals surface area contributed by atoms with Crippen LogP contribution in [-0.2, 0) is 4.79 Å². The Hall–Kier alpha value is -2.88. The number of alkyl halides is 1. The van der Waals surface area contributed by atoms with Crippen molar-refractivity contribution in [2.45, 2.75) is 44.8 Å². The molecule has 0 bridgehead atoms. The van der Waals surface area contributed by atoms with Gasteiger partial charge in [-0.25, -0.2) is 9.18 Å². The zero-order chi connectivity index (χ0) is 19.9. The van der Waals surface area contributed by atoms with Gasteiger partial charge in [0.1, 0.15) is 18.3 Å². The number of amides is 3. The topological polar surface area (TPSA) is 85.2 Å². The van der Waals surface area contributed by atoms with Crippen LogP contribution in [0.3, 0.4) is 0 Å². The molecule has 144 valence electrons. The van der Waals surface area contributed by atoms with Crippen LogP contribution in [0.15, 0.2) is 36.5 Å². The van der Waals surface area contributed by atoms with E-state index >= 15 is 0 Å². The molecule has 1 aromatic rings. The summed E-state index contributed by atoms with van der Waals surface area (Å²) in [6, 6.07) is 10.1. The molecule has 3 amide bonds. The van der Waals surface area contributed by atoms with Gasteiger partial charge in [-0.15, -0.1) is 0 Å². The van der Waals surface area contributed by atoms with Gasteiger partial charge in [0.15, 0.2) is 0 Å². The second-order valence-corrected chi connectivity index (χ2v) is 7.12. The molecule has 2 N–H and O–H groups in total. The molecule has 7 heteroatoms. The predicted molar refractivity (Wildman–Crippen MR) is 101 cm³/mol. The minimum atomic E-state index is -1.64.